The van der Waals surface area contributed by atoms with Gasteiger partial charge in [-0.2, -0.15) is 0 Å². The van der Waals surface area contributed by atoms with Gasteiger partial charge in [0.15, 0.2) is 0 Å². The molecule has 1 saturated heterocycles. The van der Waals surface area contributed by atoms with Crippen molar-refractivity contribution in [2.45, 2.75) is 25.3 Å². The van der Waals surface area contributed by atoms with Gasteiger partial charge in [0.2, 0.25) is 0 Å². The van der Waals surface area contributed by atoms with Gasteiger partial charge < -0.3 is 19.2 Å². The molecule has 1 aromatic heterocycles. The summed E-state index contributed by atoms with van der Waals surface area (Å²) in [5, 5.41) is 8.78. The summed E-state index contributed by atoms with van der Waals surface area (Å²) in [6.07, 6.45) is 2.67. The number of amides is 1. The predicted octanol–water partition coefficient (Wildman–Crippen LogP) is 1.16. The number of carbonyl (C=O) groups is 2. The van der Waals surface area contributed by atoms with Gasteiger partial charge in [0.25, 0.3) is 5.91 Å². The Labute approximate surface area is 110 Å². The van der Waals surface area contributed by atoms with Crippen molar-refractivity contribution in [3.63, 3.8) is 0 Å². The lowest BCUT2D eigenvalue weighted by Crippen LogP contribution is -2.40. The van der Waals surface area contributed by atoms with Crippen LogP contribution in [-0.4, -0.2) is 48.2 Å². The Morgan fingerprint density at radius 1 is 1.42 bits per heavy atom. The number of rotatable bonds is 4. The first kappa shape index (κ1) is 13.6. The van der Waals surface area contributed by atoms with Gasteiger partial charge >= 0.3 is 5.97 Å². The van der Waals surface area contributed by atoms with Crippen LogP contribution in [0.3, 0.4) is 0 Å². The molecule has 2 heterocycles. The van der Waals surface area contributed by atoms with Gasteiger partial charge in [0.1, 0.15) is 12.2 Å². The van der Waals surface area contributed by atoms with Gasteiger partial charge in [-0.05, 0) is 18.9 Å². The summed E-state index contributed by atoms with van der Waals surface area (Å²) in [5.41, 5.74) is 0.330. The third kappa shape index (κ3) is 3.14. The van der Waals surface area contributed by atoms with Crippen molar-refractivity contribution in [3.05, 3.63) is 23.7 Å². The van der Waals surface area contributed by atoms with E-state index in [1.54, 1.807) is 11.9 Å². The van der Waals surface area contributed by atoms with Crippen LogP contribution in [0.5, 0.6) is 0 Å². The summed E-state index contributed by atoms with van der Waals surface area (Å²) in [6.45, 7) is 1.30. The number of carboxylic acid groups (broad SMARTS) is 1. The summed E-state index contributed by atoms with van der Waals surface area (Å²) < 4.78 is 10.3. The zero-order valence-electron chi connectivity index (χ0n) is 10.8. The quantitative estimate of drug-likeness (QED) is 0.885. The SMILES string of the molecule is CN(C(=O)c1ccoc1CC(=O)O)C1CCOCC1. The molecule has 0 aromatic carbocycles. The maximum Gasteiger partial charge on any atom is 0.311 e. The molecule has 1 fully saturated rings. The number of furan rings is 1. The molecule has 1 amide bonds. The third-order valence-electron chi connectivity index (χ3n) is 3.35. The van der Waals surface area contributed by atoms with Crippen molar-refractivity contribution in [2.24, 2.45) is 0 Å². The van der Waals surface area contributed by atoms with Crippen LogP contribution in [-0.2, 0) is 16.0 Å². The summed E-state index contributed by atoms with van der Waals surface area (Å²) >= 11 is 0. The number of aliphatic carboxylic acids is 1. The average molecular weight is 267 g/mol. The molecule has 0 saturated carbocycles. The van der Waals surface area contributed by atoms with Crippen molar-refractivity contribution in [3.8, 4) is 0 Å². The van der Waals surface area contributed by atoms with E-state index in [0.717, 1.165) is 12.8 Å². The molecular weight excluding hydrogens is 250 g/mol. The van der Waals surface area contributed by atoms with Crippen molar-refractivity contribution in [1.82, 2.24) is 4.90 Å². The van der Waals surface area contributed by atoms with Crippen molar-refractivity contribution >= 4 is 11.9 Å². The van der Waals surface area contributed by atoms with Crippen LogP contribution in [0.2, 0.25) is 0 Å². The number of carbonyl (C=O) groups excluding carboxylic acids is 1. The van der Waals surface area contributed by atoms with E-state index in [-0.39, 0.29) is 24.1 Å². The Morgan fingerprint density at radius 3 is 2.74 bits per heavy atom. The van der Waals surface area contributed by atoms with E-state index >= 15 is 0 Å². The maximum absolute atomic E-state index is 12.3. The van der Waals surface area contributed by atoms with Gasteiger partial charge in [0, 0.05) is 26.3 Å². The van der Waals surface area contributed by atoms with Gasteiger partial charge in [0.05, 0.1) is 11.8 Å². The fraction of sp³-hybridized carbons (Fsp3) is 0.538. The van der Waals surface area contributed by atoms with E-state index in [2.05, 4.69) is 0 Å². The lowest BCUT2D eigenvalue weighted by molar-refractivity contribution is -0.136. The van der Waals surface area contributed by atoms with E-state index in [1.165, 1.54) is 12.3 Å². The predicted molar refractivity (Wildman–Crippen MR) is 66.0 cm³/mol. The van der Waals surface area contributed by atoms with Gasteiger partial charge in [-0.3, -0.25) is 9.59 Å². The molecule has 0 unspecified atom stereocenters. The minimum Gasteiger partial charge on any atom is -0.481 e. The molecule has 1 aliphatic rings. The topological polar surface area (TPSA) is 80.0 Å². The van der Waals surface area contributed by atoms with Crippen molar-refractivity contribution in [2.75, 3.05) is 20.3 Å². The number of carboxylic acids is 1. The van der Waals surface area contributed by atoms with Crippen molar-refractivity contribution < 1.29 is 23.8 Å². The Bertz CT molecular complexity index is 461. The summed E-state index contributed by atoms with van der Waals surface area (Å²) in [4.78, 5) is 24.7. The molecule has 19 heavy (non-hydrogen) atoms. The monoisotopic (exact) mass is 267 g/mol. The average Bonchev–Trinajstić information content (AvgIpc) is 2.85. The molecule has 0 radical (unpaired) electrons. The second-order valence-corrected chi connectivity index (χ2v) is 4.59. The molecule has 104 valence electrons. The molecule has 0 bridgehead atoms. The van der Waals surface area contributed by atoms with Crippen LogP contribution < -0.4 is 0 Å². The van der Waals surface area contributed by atoms with Crippen LogP contribution in [0.4, 0.5) is 0 Å². The summed E-state index contributed by atoms with van der Waals surface area (Å²) in [6, 6.07) is 1.66. The minimum atomic E-state index is -1.02. The lowest BCUT2D eigenvalue weighted by atomic mass is 10.1. The molecular formula is C13H17NO5. The Hall–Kier alpha value is -1.82. The standard InChI is InChI=1S/C13H17NO5/c1-14(9-2-5-18-6-3-9)13(17)10-4-7-19-11(10)8-12(15)16/h4,7,9H,2-3,5-6,8H2,1H3,(H,15,16). The lowest BCUT2D eigenvalue weighted by Gasteiger charge is -2.31. The van der Waals surface area contributed by atoms with E-state index in [4.69, 9.17) is 14.3 Å². The first-order valence-corrected chi connectivity index (χ1v) is 6.22. The Morgan fingerprint density at radius 2 is 2.11 bits per heavy atom. The van der Waals surface area contributed by atoms with E-state index in [9.17, 15) is 9.59 Å². The van der Waals surface area contributed by atoms with Crippen LogP contribution in [0.1, 0.15) is 29.0 Å². The normalized spacial score (nSPS) is 16.3. The van der Waals surface area contributed by atoms with Gasteiger partial charge in [-0.25, -0.2) is 0 Å². The van der Waals surface area contributed by atoms with Crippen molar-refractivity contribution in [1.29, 1.82) is 0 Å². The van der Waals surface area contributed by atoms with Crippen LogP contribution >= 0.6 is 0 Å². The highest BCUT2D eigenvalue weighted by Crippen LogP contribution is 2.19. The highest BCUT2D eigenvalue weighted by atomic mass is 16.5. The largest absolute Gasteiger partial charge is 0.481 e. The number of hydrogen-bond acceptors (Lipinski definition) is 4. The molecule has 6 nitrogen and oxygen atoms in total. The molecule has 1 aliphatic heterocycles. The molecule has 1 aromatic rings. The van der Waals surface area contributed by atoms with Gasteiger partial charge in [-0.15, -0.1) is 0 Å². The molecule has 0 atom stereocenters. The molecule has 0 spiro atoms. The van der Waals surface area contributed by atoms with Crippen LogP contribution in [0.15, 0.2) is 16.7 Å². The number of ether oxygens (including phenoxy) is 1. The first-order chi connectivity index (χ1) is 9.09. The molecule has 6 heteroatoms. The fourth-order valence-corrected chi connectivity index (χ4v) is 2.23. The number of hydrogen-bond donors (Lipinski definition) is 1. The third-order valence-corrected chi connectivity index (χ3v) is 3.35. The van der Waals surface area contributed by atoms with E-state index in [1.807, 2.05) is 0 Å². The van der Waals surface area contributed by atoms with E-state index in [0.29, 0.717) is 18.8 Å². The first-order valence-electron chi connectivity index (χ1n) is 6.22. The minimum absolute atomic E-state index is 0.133. The molecule has 1 N–H and O–H groups in total. The van der Waals surface area contributed by atoms with E-state index < -0.39 is 5.97 Å². The second kappa shape index (κ2) is 5.88. The summed E-state index contributed by atoms with van der Waals surface area (Å²) in [7, 11) is 1.73. The van der Waals surface area contributed by atoms with Crippen LogP contribution in [0.25, 0.3) is 0 Å². The summed E-state index contributed by atoms with van der Waals surface area (Å²) in [5.74, 6) is -1.01. The molecule has 2 rings (SSSR count). The highest BCUT2D eigenvalue weighted by Gasteiger charge is 2.26. The zero-order valence-corrected chi connectivity index (χ0v) is 10.8. The zero-order chi connectivity index (χ0) is 13.8. The Balaban J connectivity index is 2.10. The van der Waals surface area contributed by atoms with Gasteiger partial charge in [-0.1, -0.05) is 0 Å². The number of nitrogens with zero attached hydrogens (tertiary/aromatic N) is 1. The smallest absolute Gasteiger partial charge is 0.311 e. The second-order valence-electron chi connectivity index (χ2n) is 4.59. The Kier molecular flexibility index (Phi) is 4.21. The van der Waals surface area contributed by atoms with Crippen LogP contribution in [0, 0.1) is 0 Å². The molecule has 0 aliphatic carbocycles. The highest BCUT2D eigenvalue weighted by molar-refractivity contribution is 5.96. The fourth-order valence-electron chi connectivity index (χ4n) is 2.23. The maximum atomic E-state index is 12.3.